The molecule has 7 nitrogen and oxygen atoms in total. The smallest absolute Gasteiger partial charge is 0.385 e. The molecule has 0 bridgehead atoms. The number of nitrogens with zero attached hydrogens (tertiary/aromatic N) is 1. The molecule has 0 fully saturated rings. The number of benzene rings is 2. The second-order valence-corrected chi connectivity index (χ2v) is 8.40. The summed E-state index contributed by atoms with van der Waals surface area (Å²) in [5.74, 6) is 1.48. The van der Waals surface area contributed by atoms with Gasteiger partial charge >= 0.3 is 7.60 Å². The lowest BCUT2D eigenvalue weighted by atomic mass is 10.2. The molecular formula is C22H27N2O5P. The summed E-state index contributed by atoms with van der Waals surface area (Å²) >= 11 is 0. The van der Waals surface area contributed by atoms with Gasteiger partial charge in [0, 0.05) is 13.0 Å². The van der Waals surface area contributed by atoms with Gasteiger partial charge in [-0.15, -0.1) is 0 Å². The molecule has 1 N–H and O–H groups in total. The Labute approximate surface area is 176 Å². The maximum atomic E-state index is 13.4. The molecule has 0 radical (unpaired) electrons. The number of rotatable bonds is 11. The summed E-state index contributed by atoms with van der Waals surface area (Å²) in [6.07, 6.45) is 0.465. The Kier molecular flexibility index (Phi) is 7.69. The molecule has 1 heterocycles. The predicted molar refractivity (Wildman–Crippen MR) is 117 cm³/mol. The summed E-state index contributed by atoms with van der Waals surface area (Å²) in [5.41, 5.74) is 2.18. The van der Waals surface area contributed by atoms with Gasteiger partial charge in [0.2, 0.25) is 17.2 Å². The van der Waals surface area contributed by atoms with Crippen LogP contribution in [-0.2, 0) is 26.6 Å². The first-order chi connectivity index (χ1) is 14.6. The van der Waals surface area contributed by atoms with Crippen molar-refractivity contribution < 1.29 is 22.8 Å². The van der Waals surface area contributed by atoms with E-state index in [0.717, 1.165) is 16.9 Å². The van der Waals surface area contributed by atoms with Crippen LogP contribution in [0.25, 0.3) is 0 Å². The van der Waals surface area contributed by atoms with Gasteiger partial charge in [0.25, 0.3) is 0 Å². The molecule has 1 aromatic heterocycles. The van der Waals surface area contributed by atoms with Crippen molar-refractivity contribution in [3.63, 3.8) is 0 Å². The van der Waals surface area contributed by atoms with Crippen molar-refractivity contribution >= 4 is 18.9 Å². The molecule has 0 saturated carbocycles. The lowest BCUT2D eigenvalue weighted by Gasteiger charge is -2.15. The molecule has 0 aliphatic rings. The quantitative estimate of drug-likeness (QED) is 0.439. The lowest BCUT2D eigenvalue weighted by molar-refractivity contribution is 0.229. The second kappa shape index (κ2) is 10.4. The number of anilines is 1. The Hall–Kier alpha value is -2.60. The van der Waals surface area contributed by atoms with Crippen LogP contribution < -0.4 is 15.5 Å². The van der Waals surface area contributed by atoms with E-state index >= 15 is 0 Å². The highest BCUT2D eigenvalue weighted by Crippen LogP contribution is 2.48. The number of methoxy groups -OCH3 is 1. The Morgan fingerprint density at radius 3 is 2.37 bits per heavy atom. The molecule has 2 aromatic carbocycles. The van der Waals surface area contributed by atoms with Gasteiger partial charge in [0.05, 0.1) is 20.3 Å². The maximum Gasteiger partial charge on any atom is 0.385 e. The zero-order valence-electron chi connectivity index (χ0n) is 17.5. The molecule has 0 aliphatic heterocycles. The summed E-state index contributed by atoms with van der Waals surface area (Å²) in [6, 6.07) is 17.5. The van der Waals surface area contributed by atoms with E-state index < -0.39 is 7.60 Å². The summed E-state index contributed by atoms with van der Waals surface area (Å²) in [6.45, 7) is 4.42. The molecule has 30 heavy (non-hydrogen) atoms. The fraction of sp³-hybridized carbons (Fsp3) is 0.318. The lowest BCUT2D eigenvalue weighted by Crippen LogP contribution is -2.16. The first kappa shape index (κ1) is 22.1. The SMILES string of the molecule is CCOP(=O)(OCC)c1nc(Cc2ccccc2)oc1NCc1cccc(OC)c1. The molecule has 0 amide bonds. The topological polar surface area (TPSA) is 82.8 Å². The second-order valence-electron chi connectivity index (χ2n) is 6.46. The monoisotopic (exact) mass is 430 g/mol. The van der Waals surface area contributed by atoms with Gasteiger partial charge in [0.1, 0.15) is 5.75 Å². The van der Waals surface area contributed by atoms with Crippen LogP contribution in [0.4, 0.5) is 5.88 Å². The van der Waals surface area contributed by atoms with Crippen molar-refractivity contribution in [3.8, 4) is 5.75 Å². The minimum atomic E-state index is -3.62. The van der Waals surface area contributed by atoms with E-state index in [1.807, 2.05) is 54.6 Å². The average molecular weight is 430 g/mol. The van der Waals surface area contributed by atoms with Crippen molar-refractivity contribution in [1.29, 1.82) is 0 Å². The Bertz CT molecular complexity index is 980. The van der Waals surface area contributed by atoms with Crippen molar-refractivity contribution in [3.05, 3.63) is 71.6 Å². The van der Waals surface area contributed by atoms with E-state index in [1.54, 1.807) is 21.0 Å². The number of ether oxygens (including phenoxy) is 1. The highest BCUT2D eigenvalue weighted by atomic mass is 31.2. The van der Waals surface area contributed by atoms with Crippen LogP contribution >= 0.6 is 7.60 Å². The minimum Gasteiger partial charge on any atom is -0.497 e. The van der Waals surface area contributed by atoms with Crippen molar-refractivity contribution in [2.24, 2.45) is 0 Å². The van der Waals surface area contributed by atoms with Crippen LogP contribution in [0.3, 0.4) is 0 Å². The fourth-order valence-electron chi connectivity index (χ4n) is 2.97. The first-order valence-electron chi connectivity index (χ1n) is 9.88. The number of nitrogens with one attached hydrogen (secondary N) is 1. The van der Waals surface area contributed by atoms with E-state index in [9.17, 15) is 4.57 Å². The highest BCUT2D eigenvalue weighted by molar-refractivity contribution is 7.62. The van der Waals surface area contributed by atoms with E-state index in [2.05, 4.69) is 10.3 Å². The van der Waals surface area contributed by atoms with E-state index in [1.165, 1.54) is 0 Å². The van der Waals surface area contributed by atoms with Gasteiger partial charge in [-0.2, -0.15) is 0 Å². The number of hydrogen-bond acceptors (Lipinski definition) is 7. The Balaban J connectivity index is 1.90. The van der Waals surface area contributed by atoms with E-state index in [4.69, 9.17) is 18.2 Å². The molecular weight excluding hydrogens is 403 g/mol. The van der Waals surface area contributed by atoms with E-state index in [-0.39, 0.29) is 24.5 Å². The molecule has 0 saturated heterocycles. The third kappa shape index (κ3) is 5.51. The molecule has 0 unspecified atom stereocenters. The largest absolute Gasteiger partial charge is 0.497 e. The van der Waals surface area contributed by atoms with Crippen LogP contribution in [-0.4, -0.2) is 25.3 Å². The Morgan fingerprint density at radius 1 is 1.00 bits per heavy atom. The van der Waals surface area contributed by atoms with Gasteiger partial charge in [-0.25, -0.2) is 4.98 Å². The molecule has 0 atom stereocenters. The normalized spacial score (nSPS) is 11.4. The minimum absolute atomic E-state index is 0.167. The zero-order valence-corrected chi connectivity index (χ0v) is 18.4. The Morgan fingerprint density at radius 2 is 1.70 bits per heavy atom. The van der Waals surface area contributed by atoms with Crippen LogP contribution in [0.5, 0.6) is 5.75 Å². The molecule has 8 heteroatoms. The maximum absolute atomic E-state index is 13.4. The third-order valence-electron chi connectivity index (χ3n) is 4.30. The van der Waals surface area contributed by atoms with Crippen LogP contribution in [0.2, 0.25) is 0 Å². The molecule has 3 aromatic rings. The van der Waals surface area contributed by atoms with Crippen LogP contribution in [0.15, 0.2) is 59.0 Å². The standard InChI is InChI=1S/C22H27N2O5P/c1-4-27-30(25,28-5-2)22-21(23-16-18-12-9-13-19(14-18)26-3)29-20(24-22)15-17-10-7-6-8-11-17/h6-14,23H,4-5,15-16H2,1-3H3. The third-order valence-corrected chi connectivity index (χ3v) is 6.31. The van der Waals surface area contributed by atoms with Crippen molar-refractivity contribution in [1.82, 2.24) is 4.98 Å². The van der Waals surface area contributed by atoms with Gasteiger partial charge < -0.3 is 23.5 Å². The summed E-state index contributed by atoms with van der Waals surface area (Å²) < 4.78 is 35.6. The fourth-order valence-corrected chi connectivity index (χ4v) is 4.57. The zero-order chi connectivity index (χ0) is 21.4. The van der Waals surface area contributed by atoms with E-state index in [0.29, 0.717) is 18.9 Å². The molecule has 160 valence electrons. The number of aromatic nitrogens is 1. The van der Waals surface area contributed by atoms with Gasteiger partial charge in [-0.05, 0) is 37.1 Å². The van der Waals surface area contributed by atoms with Crippen molar-refractivity contribution in [2.45, 2.75) is 26.8 Å². The molecule has 3 rings (SSSR count). The van der Waals surface area contributed by atoms with Crippen LogP contribution in [0, 0.1) is 0 Å². The average Bonchev–Trinajstić information content (AvgIpc) is 3.17. The summed E-state index contributed by atoms with van der Waals surface area (Å²) in [5, 5.41) is 3.19. The van der Waals surface area contributed by atoms with Gasteiger partial charge in [-0.3, -0.25) is 4.57 Å². The summed E-state index contributed by atoms with van der Waals surface area (Å²) in [4.78, 5) is 4.49. The first-order valence-corrected chi connectivity index (χ1v) is 11.4. The number of oxazole rings is 1. The highest BCUT2D eigenvalue weighted by Gasteiger charge is 2.35. The molecule has 0 spiro atoms. The number of hydrogen-bond donors (Lipinski definition) is 1. The summed E-state index contributed by atoms with van der Waals surface area (Å²) in [7, 11) is -2.00. The van der Waals surface area contributed by atoms with Gasteiger partial charge in [-0.1, -0.05) is 42.5 Å². The predicted octanol–water partition coefficient (Wildman–Crippen LogP) is 4.78. The van der Waals surface area contributed by atoms with Gasteiger partial charge in [0.15, 0.2) is 0 Å². The van der Waals surface area contributed by atoms with Crippen molar-refractivity contribution in [2.75, 3.05) is 25.6 Å². The van der Waals surface area contributed by atoms with Crippen LogP contribution in [0.1, 0.15) is 30.9 Å². The molecule has 0 aliphatic carbocycles.